The zero-order chi connectivity index (χ0) is 27.8. The van der Waals surface area contributed by atoms with Crippen molar-refractivity contribution in [1.82, 2.24) is 0 Å². The fourth-order valence-corrected chi connectivity index (χ4v) is 7.04. The summed E-state index contributed by atoms with van der Waals surface area (Å²) in [6.45, 7) is 8.28. The average Bonchev–Trinajstić information content (AvgIpc) is 3.72. The van der Waals surface area contributed by atoms with Crippen molar-refractivity contribution in [3.8, 4) is 23.0 Å². The van der Waals surface area contributed by atoms with Crippen LogP contribution in [0.15, 0.2) is 72.9 Å². The van der Waals surface area contributed by atoms with Gasteiger partial charge in [-0.2, -0.15) is 0 Å². The number of benzene rings is 2. The molecule has 8 rings (SSSR count). The molecule has 0 fully saturated rings. The van der Waals surface area contributed by atoms with Crippen molar-refractivity contribution < 1.29 is 38.7 Å². The number of aliphatic hydroxyl groups excluding tert-OH is 2. The van der Waals surface area contributed by atoms with Gasteiger partial charge in [-0.1, -0.05) is 12.2 Å². The first-order chi connectivity index (χ1) is 19.3. The third kappa shape index (κ3) is 3.26. The first-order valence-electron chi connectivity index (χ1n) is 13.3. The highest BCUT2D eigenvalue weighted by Crippen LogP contribution is 2.58. The molecule has 4 atom stereocenters. The maximum Gasteiger partial charge on any atom is 0.231 e. The van der Waals surface area contributed by atoms with Gasteiger partial charge in [0.25, 0.3) is 0 Å². The molecule has 0 saturated carbocycles. The minimum atomic E-state index is -0.776. The van der Waals surface area contributed by atoms with Crippen LogP contribution >= 0.6 is 0 Å². The molecule has 8 heteroatoms. The molecule has 0 aromatic heterocycles. The molecular weight excluding hydrogens is 512 g/mol. The van der Waals surface area contributed by atoms with Crippen LogP contribution in [0.1, 0.15) is 60.1 Å². The zero-order valence-electron chi connectivity index (χ0n) is 21.8. The Bertz CT molecular complexity index is 1460. The fraction of sp³-hybridized carbons (Fsp3) is 0.312. The lowest BCUT2D eigenvalue weighted by Gasteiger charge is -2.31. The maximum atomic E-state index is 11.7. The second kappa shape index (κ2) is 8.68. The van der Waals surface area contributed by atoms with E-state index in [0.29, 0.717) is 48.7 Å². The monoisotopic (exact) mass is 540 g/mol. The number of allylic oxidation sites excluding steroid dienone is 4. The quantitative estimate of drug-likeness (QED) is 0.541. The molecule has 2 aromatic carbocycles. The molecule has 0 radical (unpaired) electrons. The standard InChI is InChI=1S/2C16H14O4/c2*1-2-16-4-3-9(17)5-12(16)15(18)10-6-13-14(7-11(10)16)20-8-19-13/h2*2,5-7,15,18H,1,3-4,8H2/t2*15-,16-/m00/s1. The van der Waals surface area contributed by atoms with Gasteiger partial charge >= 0.3 is 0 Å². The lowest BCUT2D eigenvalue weighted by Crippen LogP contribution is -2.28. The summed E-state index contributed by atoms with van der Waals surface area (Å²) >= 11 is 0. The van der Waals surface area contributed by atoms with Crippen LogP contribution in [0.2, 0.25) is 0 Å². The lowest BCUT2D eigenvalue weighted by molar-refractivity contribution is -0.116. The molecule has 2 heterocycles. The normalized spacial score (nSPS) is 29.8. The third-order valence-electron chi connectivity index (χ3n) is 9.12. The summed E-state index contributed by atoms with van der Waals surface area (Å²) in [6, 6.07) is 7.47. The Kier molecular flexibility index (Phi) is 5.40. The van der Waals surface area contributed by atoms with Crippen LogP contribution in [-0.2, 0) is 20.4 Å². The van der Waals surface area contributed by atoms with Gasteiger partial charge in [0.2, 0.25) is 13.6 Å². The molecule has 0 amide bonds. The Hall–Kier alpha value is -4.14. The number of hydrogen-bond acceptors (Lipinski definition) is 8. The second-order valence-corrected chi connectivity index (χ2v) is 10.9. The summed E-state index contributed by atoms with van der Waals surface area (Å²) in [4.78, 5) is 23.4. The molecule has 0 unspecified atom stereocenters. The van der Waals surface area contributed by atoms with E-state index in [-0.39, 0.29) is 25.2 Å². The van der Waals surface area contributed by atoms with E-state index >= 15 is 0 Å². The number of hydrogen-bond donors (Lipinski definition) is 2. The largest absolute Gasteiger partial charge is 0.454 e. The number of rotatable bonds is 2. The van der Waals surface area contributed by atoms with Crippen molar-refractivity contribution in [1.29, 1.82) is 0 Å². The first kappa shape index (κ1) is 24.9. The smallest absolute Gasteiger partial charge is 0.231 e. The molecule has 204 valence electrons. The van der Waals surface area contributed by atoms with Gasteiger partial charge in [-0.05, 0) is 82.7 Å². The van der Waals surface area contributed by atoms with Crippen LogP contribution < -0.4 is 18.9 Å². The number of fused-ring (bicyclic) bond motifs is 8. The van der Waals surface area contributed by atoms with Crippen molar-refractivity contribution in [3.05, 3.63) is 95.1 Å². The molecule has 40 heavy (non-hydrogen) atoms. The van der Waals surface area contributed by atoms with E-state index in [1.807, 2.05) is 36.4 Å². The average molecular weight is 541 g/mol. The van der Waals surface area contributed by atoms with Crippen LogP contribution in [0.5, 0.6) is 23.0 Å². The minimum Gasteiger partial charge on any atom is -0.454 e. The Morgan fingerprint density at radius 2 is 1.05 bits per heavy atom. The fourth-order valence-electron chi connectivity index (χ4n) is 7.04. The van der Waals surface area contributed by atoms with E-state index in [4.69, 9.17) is 18.9 Å². The molecule has 0 bridgehead atoms. The summed E-state index contributed by atoms with van der Waals surface area (Å²) in [5, 5.41) is 21.1. The Labute approximate surface area is 230 Å². The molecule has 8 nitrogen and oxygen atoms in total. The van der Waals surface area contributed by atoms with E-state index in [1.165, 1.54) is 0 Å². The van der Waals surface area contributed by atoms with Crippen molar-refractivity contribution >= 4 is 11.6 Å². The van der Waals surface area contributed by atoms with E-state index in [0.717, 1.165) is 33.4 Å². The van der Waals surface area contributed by atoms with Crippen LogP contribution in [0.3, 0.4) is 0 Å². The number of aliphatic hydroxyl groups is 2. The van der Waals surface area contributed by atoms with Gasteiger partial charge in [-0.15, -0.1) is 13.2 Å². The van der Waals surface area contributed by atoms with E-state index in [1.54, 1.807) is 12.2 Å². The minimum absolute atomic E-state index is 0.0596. The van der Waals surface area contributed by atoms with Gasteiger partial charge in [-0.3, -0.25) is 9.59 Å². The Morgan fingerprint density at radius 3 is 1.43 bits per heavy atom. The molecule has 2 aromatic rings. The summed E-state index contributed by atoms with van der Waals surface area (Å²) in [7, 11) is 0. The molecule has 4 aliphatic carbocycles. The molecule has 2 aliphatic heterocycles. The van der Waals surface area contributed by atoms with Crippen molar-refractivity contribution in [2.24, 2.45) is 0 Å². The highest BCUT2D eigenvalue weighted by molar-refractivity contribution is 5.94. The topological polar surface area (TPSA) is 112 Å². The van der Waals surface area contributed by atoms with Gasteiger partial charge < -0.3 is 29.2 Å². The highest BCUT2D eigenvalue weighted by atomic mass is 16.7. The van der Waals surface area contributed by atoms with Crippen molar-refractivity contribution in [2.75, 3.05) is 13.6 Å². The number of carbonyl (C=O) groups excluding carboxylic acids is 2. The van der Waals surface area contributed by atoms with Gasteiger partial charge in [0.05, 0.1) is 0 Å². The van der Waals surface area contributed by atoms with Crippen LogP contribution in [0, 0.1) is 0 Å². The molecule has 6 aliphatic rings. The Morgan fingerprint density at radius 1 is 0.675 bits per heavy atom. The number of carbonyl (C=O) groups is 2. The van der Waals surface area contributed by atoms with Gasteiger partial charge in [-0.25, -0.2) is 0 Å². The van der Waals surface area contributed by atoms with E-state index in [9.17, 15) is 19.8 Å². The Balaban J connectivity index is 0.000000132. The van der Waals surface area contributed by atoms with Gasteiger partial charge in [0.15, 0.2) is 34.6 Å². The summed E-state index contributed by atoms with van der Waals surface area (Å²) in [5.41, 5.74) is 4.06. The molecule has 2 N–H and O–H groups in total. The SMILES string of the molecule is C=C[C@@]12CCC(=O)C=C1[C@@H](O)c1cc3c(cc12)OCO3.C=C[C@@]12CCC(=O)C=C1[C@@H](O)c1cc3c(cc12)OCO3. The maximum absolute atomic E-state index is 11.7. The van der Waals surface area contributed by atoms with Crippen LogP contribution in [0.25, 0.3) is 0 Å². The first-order valence-corrected chi connectivity index (χ1v) is 13.3. The third-order valence-corrected chi connectivity index (χ3v) is 9.12. The van der Waals surface area contributed by atoms with E-state index in [2.05, 4.69) is 13.2 Å². The molecule has 0 saturated heterocycles. The predicted octanol–water partition coefficient (Wildman–Crippen LogP) is 4.35. The number of ketones is 2. The summed E-state index contributed by atoms with van der Waals surface area (Å²) in [5.74, 6) is 2.79. The predicted molar refractivity (Wildman–Crippen MR) is 143 cm³/mol. The van der Waals surface area contributed by atoms with Crippen molar-refractivity contribution in [3.63, 3.8) is 0 Å². The lowest BCUT2D eigenvalue weighted by atomic mass is 9.71. The van der Waals surface area contributed by atoms with E-state index < -0.39 is 23.0 Å². The van der Waals surface area contributed by atoms with Crippen LogP contribution in [0.4, 0.5) is 0 Å². The highest BCUT2D eigenvalue weighted by Gasteiger charge is 2.50. The van der Waals surface area contributed by atoms with Gasteiger partial charge in [0.1, 0.15) is 12.2 Å². The summed E-state index contributed by atoms with van der Waals surface area (Å²) < 4.78 is 21.6. The summed E-state index contributed by atoms with van der Waals surface area (Å²) in [6.07, 6.45) is 7.49. The van der Waals surface area contributed by atoms with Crippen molar-refractivity contribution in [2.45, 2.75) is 48.7 Å². The second-order valence-electron chi connectivity index (χ2n) is 10.9. The zero-order valence-corrected chi connectivity index (χ0v) is 21.8. The molecular formula is C32H28O8. The number of ether oxygens (including phenoxy) is 4. The van der Waals surface area contributed by atoms with Crippen LogP contribution in [-0.4, -0.2) is 35.4 Å². The molecule has 0 spiro atoms. The van der Waals surface area contributed by atoms with Gasteiger partial charge in [0, 0.05) is 23.7 Å².